The molecule has 1 aliphatic rings. The highest BCUT2D eigenvalue weighted by molar-refractivity contribution is 5.77. The summed E-state index contributed by atoms with van der Waals surface area (Å²) in [6.45, 7) is 7.95. The molecule has 3 rings (SSSR count). The van der Waals surface area contributed by atoms with Gasteiger partial charge in [-0.2, -0.15) is 5.26 Å². The fourth-order valence-electron chi connectivity index (χ4n) is 3.40. The zero-order valence-electron chi connectivity index (χ0n) is 18.1. The lowest BCUT2D eigenvalue weighted by atomic mass is 10.1. The van der Waals surface area contributed by atoms with E-state index in [0.29, 0.717) is 38.3 Å². The summed E-state index contributed by atoms with van der Waals surface area (Å²) in [7, 11) is 0. The highest BCUT2D eigenvalue weighted by atomic mass is 16.5. The van der Waals surface area contributed by atoms with Crippen LogP contribution in [0.4, 0.5) is 5.69 Å². The molecule has 0 saturated carbocycles. The number of morpholine rings is 1. The number of carbonyl (C=O) groups excluding carboxylic acids is 1. The summed E-state index contributed by atoms with van der Waals surface area (Å²) in [4.78, 5) is 13.6. The fourth-order valence-corrected chi connectivity index (χ4v) is 3.40. The van der Waals surface area contributed by atoms with Gasteiger partial charge in [0.15, 0.2) is 0 Å². The van der Waals surface area contributed by atoms with Crippen LogP contribution in [0, 0.1) is 11.3 Å². The molecular formula is C23H28N6O2. The SMILES string of the molecule is CC=C(C=CCC(C)=O)CN(c1ccc(C#N)c(CN2CCOCC2)c1)n1cnnc1. The van der Waals surface area contributed by atoms with Crippen LogP contribution in [0.2, 0.25) is 0 Å². The molecule has 0 unspecified atom stereocenters. The number of hydrogen-bond acceptors (Lipinski definition) is 7. The maximum absolute atomic E-state index is 11.3. The molecule has 1 fully saturated rings. The van der Waals surface area contributed by atoms with E-state index in [4.69, 9.17) is 4.74 Å². The van der Waals surface area contributed by atoms with E-state index >= 15 is 0 Å². The number of ketones is 1. The lowest BCUT2D eigenvalue weighted by Gasteiger charge is -2.29. The van der Waals surface area contributed by atoms with Crippen LogP contribution >= 0.6 is 0 Å². The van der Waals surface area contributed by atoms with E-state index in [0.717, 1.165) is 29.9 Å². The summed E-state index contributed by atoms with van der Waals surface area (Å²) >= 11 is 0. The molecular weight excluding hydrogens is 392 g/mol. The Kier molecular flexibility index (Phi) is 8.10. The van der Waals surface area contributed by atoms with E-state index in [-0.39, 0.29) is 5.78 Å². The number of aromatic nitrogens is 3. The minimum absolute atomic E-state index is 0.127. The molecule has 1 saturated heterocycles. The van der Waals surface area contributed by atoms with Crippen LogP contribution in [0.3, 0.4) is 0 Å². The molecule has 1 aromatic heterocycles. The average Bonchev–Trinajstić information content (AvgIpc) is 3.31. The van der Waals surface area contributed by atoms with Gasteiger partial charge in [-0.1, -0.05) is 18.2 Å². The van der Waals surface area contributed by atoms with Crippen LogP contribution in [-0.4, -0.2) is 58.4 Å². The highest BCUT2D eigenvalue weighted by Gasteiger charge is 2.16. The van der Waals surface area contributed by atoms with Crippen LogP contribution in [0.25, 0.3) is 0 Å². The quantitative estimate of drug-likeness (QED) is 0.577. The third kappa shape index (κ3) is 6.35. The zero-order chi connectivity index (χ0) is 22.1. The number of nitriles is 1. The summed E-state index contributed by atoms with van der Waals surface area (Å²) in [5, 5.41) is 19.6. The molecule has 8 nitrogen and oxygen atoms in total. The van der Waals surface area contributed by atoms with Crippen molar-refractivity contribution in [3.8, 4) is 6.07 Å². The van der Waals surface area contributed by atoms with Crippen LogP contribution in [-0.2, 0) is 16.1 Å². The molecule has 31 heavy (non-hydrogen) atoms. The van der Waals surface area contributed by atoms with Gasteiger partial charge in [0.2, 0.25) is 0 Å². The minimum atomic E-state index is 0.127. The summed E-state index contributed by atoms with van der Waals surface area (Å²) in [5.41, 5.74) is 3.64. The molecule has 0 bridgehead atoms. The second-order valence-electron chi connectivity index (χ2n) is 7.41. The van der Waals surface area contributed by atoms with Crippen molar-refractivity contribution in [1.29, 1.82) is 5.26 Å². The van der Waals surface area contributed by atoms with E-state index in [9.17, 15) is 10.1 Å². The van der Waals surface area contributed by atoms with E-state index in [1.54, 1.807) is 19.6 Å². The van der Waals surface area contributed by atoms with Crippen molar-refractivity contribution in [3.63, 3.8) is 0 Å². The number of rotatable bonds is 9. The second-order valence-corrected chi connectivity index (χ2v) is 7.41. The van der Waals surface area contributed by atoms with Crippen molar-refractivity contribution in [2.24, 2.45) is 0 Å². The molecule has 0 aliphatic carbocycles. The predicted molar refractivity (Wildman–Crippen MR) is 118 cm³/mol. The Labute approximate surface area is 183 Å². The zero-order valence-corrected chi connectivity index (χ0v) is 18.1. The van der Waals surface area contributed by atoms with Crippen molar-refractivity contribution in [2.75, 3.05) is 37.9 Å². The number of carbonyl (C=O) groups is 1. The lowest BCUT2D eigenvalue weighted by Crippen LogP contribution is -2.36. The molecule has 8 heteroatoms. The van der Waals surface area contributed by atoms with Crippen molar-refractivity contribution < 1.29 is 9.53 Å². The minimum Gasteiger partial charge on any atom is -0.379 e. The number of allylic oxidation sites excluding steroid dienone is 2. The first-order chi connectivity index (χ1) is 15.1. The first kappa shape index (κ1) is 22.4. The van der Waals surface area contributed by atoms with Crippen LogP contribution in [0.1, 0.15) is 31.4 Å². The van der Waals surface area contributed by atoms with Gasteiger partial charge in [-0.05, 0) is 43.2 Å². The van der Waals surface area contributed by atoms with E-state index < -0.39 is 0 Å². The molecule has 1 aromatic carbocycles. The lowest BCUT2D eigenvalue weighted by molar-refractivity contribution is -0.116. The molecule has 0 atom stereocenters. The second kappa shape index (κ2) is 11.2. The van der Waals surface area contributed by atoms with Crippen molar-refractivity contribution in [3.05, 3.63) is 65.8 Å². The molecule has 2 aromatic rings. The third-order valence-corrected chi connectivity index (χ3v) is 5.13. The van der Waals surface area contributed by atoms with Gasteiger partial charge in [-0.3, -0.25) is 14.7 Å². The smallest absolute Gasteiger partial charge is 0.139 e. The normalized spacial score (nSPS) is 15.2. The van der Waals surface area contributed by atoms with Crippen molar-refractivity contribution in [2.45, 2.75) is 26.8 Å². The van der Waals surface area contributed by atoms with Gasteiger partial charge in [0.1, 0.15) is 18.4 Å². The number of hydrogen-bond donors (Lipinski definition) is 0. The Bertz CT molecular complexity index is 968. The number of Topliss-reactive ketones (excluding diaryl/α,β-unsaturated/α-hetero) is 1. The Morgan fingerprint density at radius 2 is 2.03 bits per heavy atom. The summed E-state index contributed by atoms with van der Waals surface area (Å²) < 4.78 is 7.26. The molecule has 0 N–H and O–H groups in total. The van der Waals surface area contributed by atoms with Crippen LogP contribution < -0.4 is 5.01 Å². The standard InChI is InChI=1S/C23H28N6O2/c1-3-20(6-4-5-19(2)30)15-29(28-17-25-26-18-28)23-8-7-21(14-24)22(13-23)16-27-9-11-31-12-10-27/h3-4,6-8,13,17-18H,5,9-12,15-16H2,1-2H3. The van der Waals surface area contributed by atoms with Gasteiger partial charge in [0.25, 0.3) is 0 Å². The third-order valence-electron chi connectivity index (χ3n) is 5.13. The fraction of sp³-hybridized carbons (Fsp3) is 0.391. The summed E-state index contributed by atoms with van der Waals surface area (Å²) in [6, 6.07) is 8.17. The summed E-state index contributed by atoms with van der Waals surface area (Å²) in [6.07, 6.45) is 9.57. The van der Waals surface area contributed by atoms with Crippen molar-refractivity contribution in [1.82, 2.24) is 19.8 Å². The molecule has 0 amide bonds. The van der Waals surface area contributed by atoms with Crippen LogP contribution in [0.15, 0.2) is 54.7 Å². The monoisotopic (exact) mass is 420 g/mol. The Morgan fingerprint density at radius 1 is 1.29 bits per heavy atom. The Morgan fingerprint density at radius 3 is 2.68 bits per heavy atom. The van der Waals surface area contributed by atoms with E-state index in [1.165, 1.54) is 0 Å². The van der Waals surface area contributed by atoms with Gasteiger partial charge in [-0.15, -0.1) is 10.2 Å². The average molecular weight is 421 g/mol. The number of nitrogens with zero attached hydrogens (tertiary/aromatic N) is 6. The number of ether oxygens (including phenoxy) is 1. The molecule has 1 aliphatic heterocycles. The van der Waals surface area contributed by atoms with Gasteiger partial charge in [0, 0.05) is 26.1 Å². The first-order valence-corrected chi connectivity index (χ1v) is 10.4. The Balaban J connectivity index is 1.88. The van der Waals surface area contributed by atoms with Crippen LogP contribution in [0.5, 0.6) is 0 Å². The van der Waals surface area contributed by atoms with E-state index in [2.05, 4.69) is 27.2 Å². The molecule has 162 valence electrons. The van der Waals surface area contributed by atoms with Gasteiger partial charge < -0.3 is 4.74 Å². The maximum atomic E-state index is 11.3. The molecule has 0 radical (unpaired) electrons. The van der Waals surface area contributed by atoms with Gasteiger partial charge in [-0.25, -0.2) is 4.68 Å². The van der Waals surface area contributed by atoms with Crippen molar-refractivity contribution >= 4 is 11.5 Å². The molecule has 0 spiro atoms. The maximum Gasteiger partial charge on any atom is 0.139 e. The van der Waals surface area contributed by atoms with Gasteiger partial charge >= 0.3 is 0 Å². The highest BCUT2D eigenvalue weighted by Crippen LogP contribution is 2.23. The number of benzene rings is 1. The van der Waals surface area contributed by atoms with Gasteiger partial charge in [0.05, 0.1) is 37.1 Å². The predicted octanol–water partition coefficient (Wildman–Crippen LogP) is 2.73. The first-order valence-electron chi connectivity index (χ1n) is 10.4. The largest absolute Gasteiger partial charge is 0.379 e. The van der Waals surface area contributed by atoms with E-state index in [1.807, 2.05) is 47.0 Å². The topological polar surface area (TPSA) is 87.3 Å². The number of anilines is 1. The molecule has 2 heterocycles. The summed E-state index contributed by atoms with van der Waals surface area (Å²) in [5.74, 6) is 0.127. The Hall–Kier alpha value is -3.28.